The van der Waals surface area contributed by atoms with Crippen LogP contribution in [0.5, 0.6) is 5.75 Å². The lowest BCUT2D eigenvalue weighted by atomic mass is 9.81. The smallest absolute Gasteiger partial charge is 0.406 e. The van der Waals surface area contributed by atoms with Crippen LogP contribution in [0.15, 0.2) is 34.8 Å². The van der Waals surface area contributed by atoms with Crippen molar-refractivity contribution in [3.05, 3.63) is 52.0 Å². The van der Waals surface area contributed by atoms with Gasteiger partial charge in [-0.05, 0) is 45.6 Å². The minimum absolute atomic E-state index is 0.160. The fourth-order valence-electron chi connectivity index (χ4n) is 2.87. The van der Waals surface area contributed by atoms with Gasteiger partial charge >= 0.3 is 30.3 Å². The zero-order valence-electron chi connectivity index (χ0n) is 15.9. The molecular weight excluding hydrogens is 552 g/mol. The summed E-state index contributed by atoms with van der Waals surface area (Å²) in [5.41, 5.74) is -10.4. The highest BCUT2D eigenvalue weighted by molar-refractivity contribution is 9.10. The fourth-order valence-corrected chi connectivity index (χ4v) is 3.56. The number of hydrogen-bond donors (Lipinski definition) is 0. The van der Waals surface area contributed by atoms with E-state index in [2.05, 4.69) is 26.7 Å². The van der Waals surface area contributed by atoms with E-state index in [0.29, 0.717) is 24.3 Å². The molecule has 0 aliphatic heterocycles. The van der Waals surface area contributed by atoms with Gasteiger partial charge in [-0.15, -0.1) is 13.2 Å². The van der Waals surface area contributed by atoms with Gasteiger partial charge in [0, 0.05) is 21.7 Å². The summed E-state index contributed by atoms with van der Waals surface area (Å²) in [5.74, 6) is -7.81. The quantitative estimate of drug-likeness (QED) is 0.334. The van der Waals surface area contributed by atoms with E-state index in [0.717, 1.165) is 0 Å². The van der Waals surface area contributed by atoms with Crippen LogP contribution in [0.1, 0.15) is 18.1 Å². The summed E-state index contributed by atoms with van der Waals surface area (Å²) in [4.78, 5) is 0. The van der Waals surface area contributed by atoms with Gasteiger partial charge in [0.05, 0.1) is 0 Å². The highest BCUT2D eigenvalue weighted by Crippen LogP contribution is 2.60. The number of hydrogen-bond acceptors (Lipinski definition) is 1. The number of benzene rings is 2. The van der Waals surface area contributed by atoms with Gasteiger partial charge in [0.15, 0.2) is 0 Å². The molecule has 0 fully saturated rings. The van der Waals surface area contributed by atoms with Crippen molar-refractivity contribution in [1.82, 2.24) is 0 Å². The van der Waals surface area contributed by atoms with Gasteiger partial charge in [0.1, 0.15) is 5.75 Å². The van der Waals surface area contributed by atoms with Crippen LogP contribution < -0.4 is 4.74 Å². The lowest BCUT2D eigenvalue weighted by Gasteiger charge is -2.37. The Labute approximate surface area is 186 Å². The minimum atomic E-state index is -6.95. The Morgan fingerprint density at radius 3 is 1.73 bits per heavy atom. The van der Waals surface area contributed by atoms with Crippen molar-refractivity contribution < 1.29 is 57.4 Å². The second kappa shape index (κ2) is 8.58. The third kappa shape index (κ3) is 5.04. The SMILES string of the molecule is CCc1[c]c(Br)c(-c2ccc(OC(F)(F)F)cc2)c(C(F)(C(F)(F)F)C(F)(F)C(F)(F)F)c1. The molecule has 33 heavy (non-hydrogen) atoms. The maximum Gasteiger partial charge on any atom is 0.573 e. The molecule has 183 valence electrons. The van der Waals surface area contributed by atoms with Gasteiger partial charge < -0.3 is 4.74 Å². The van der Waals surface area contributed by atoms with Crippen LogP contribution in [0.25, 0.3) is 11.1 Å². The van der Waals surface area contributed by atoms with E-state index in [1.807, 2.05) is 0 Å². The van der Waals surface area contributed by atoms with Crippen LogP contribution in [-0.2, 0) is 12.1 Å². The number of rotatable bonds is 5. The molecule has 1 nitrogen and oxygen atoms in total. The lowest BCUT2D eigenvalue weighted by molar-refractivity contribution is -0.389. The maximum atomic E-state index is 15.2. The average molecular weight is 562 g/mol. The van der Waals surface area contributed by atoms with Crippen LogP contribution in [0.2, 0.25) is 0 Å². The van der Waals surface area contributed by atoms with Crippen molar-refractivity contribution >= 4 is 15.9 Å². The molecule has 0 amide bonds. The van der Waals surface area contributed by atoms with Crippen LogP contribution in [0.3, 0.4) is 0 Å². The van der Waals surface area contributed by atoms with Crippen molar-refractivity contribution in [3.8, 4) is 16.9 Å². The lowest BCUT2D eigenvalue weighted by Crippen LogP contribution is -2.60. The topological polar surface area (TPSA) is 9.23 Å². The molecule has 0 heterocycles. The predicted octanol–water partition coefficient (Wildman–Crippen LogP) is 8.30. The second-order valence-electron chi connectivity index (χ2n) is 6.55. The van der Waals surface area contributed by atoms with E-state index >= 15 is 4.39 Å². The summed E-state index contributed by atoms with van der Waals surface area (Å²) in [6.45, 7) is 1.29. The molecule has 0 aromatic heterocycles. The standard InChI is InChI=1S/C19H10BrF12O/c1-2-9-7-12(15(21,17(24,25)26)16(22,23)18(27,28)29)14(13(20)8-9)10-3-5-11(6-4-10)33-19(30,31)32/h3-7H,2H2,1H3. The Kier molecular flexibility index (Phi) is 7.06. The zero-order valence-corrected chi connectivity index (χ0v) is 17.5. The van der Waals surface area contributed by atoms with Crippen molar-refractivity contribution in [2.45, 2.75) is 43.7 Å². The normalized spacial score (nSPS) is 15.3. The minimum Gasteiger partial charge on any atom is -0.406 e. The highest BCUT2D eigenvalue weighted by atomic mass is 79.9. The molecule has 0 spiro atoms. The van der Waals surface area contributed by atoms with Gasteiger partial charge in [-0.3, -0.25) is 0 Å². The summed E-state index contributed by atoms with van der Waals surface area (Å²) < 4.78 is 163. The molecule has 0 bridgehead atoms. The molecule has 0 aliphatic rings. The van der Waals surface area contributed by atoms with E-state index < -0.39 is 57.2 Å². The molecule has 0 aliphatic carbocycles. The van der Waals surface area contributed by atoms with E-state index in [1.54, 1.807) is 0 Å². The largest absolute Gasteiger partial charge is 0.573 e. The van der Waals surface area contributed by atoms with Gasteiger partial charge in [-0.1, -0.05) is 25.1 Å². The molecule has 1 atom stereocenters. The summed E-state index contributed by atoms with van der Waals surface area (Å²) in [6.07, 6.45) is -19.1. The molecule has 14 heteroatoms. The second-order valence-corrected chi connectivity index (χ2v) is 7.34. The first kappa shape index (κ1) is 27.1. The van der Waals surface area contributed by atoms with Crippen molar-refractivity contribution in [2.24, 2.45) is 0 Å². The first-order valence-electron chi connectivity index (χ1n) is 8.57. The van der Waals surface area contributed by atoms with Crippen molar-refractivity contribution in [2.75, 3.05) is 0 Å². The summed E-state index contributed by atoms with van der Waals surface area (Å²) in [5, 5.41) is 0. The molecule has 0 N–H and O–H groups in total. The van der Waals surface area contributed by atoms with Crippen molar-refractivity contribution in [3.63, 3.8) is 0 Å². The fraction of sp³-hybridized carbons (Fsp3) is 0.368. The Morgan fingerprint density at radius 2 is 1.33 bits per heavy atom. The Morgan fingerprint density at radius 1 is 0.818 bits per heavy atom. The highest BCUT2D eigenvalue weighted by Gasteiger charge is 2.82. The molecule has 1 radical (unpaired) electrons. The predicted molar refractivity (Wildman–Crippen MR) is 94.3 cm³/mol. The van der Waals surface area contributed by atoms with Gasteiger partial charge in [0.25, 0.3) is 0 Å². The van der Waals surface area contributed by atoms with E-state index in [1.165, 1.54) is 6.92 Å². The Hall–Kier alpha value is -2.12. The Bertz CT molecular complexity index is 992. The van der Waals surface area contributed by atoms with Gasteiger partial charge in [-0.25, -0.2) is 4.39 Å². The monoisotopic (exact) mass is 561 g/mol. The summed E-state index contributed by atoms with van der Waals surface area (Å²) >= 11 is 2.69. The average Bonchev–Trinajstić information content (AvgIpc) is 2.64. The maximum absolute atomic E-state index is 15.2. The summed E-state index contributed by atoms with van der Waals surface area (Å²) in [6, 6.07) is 4.92. The van der Waals surface area contributed by atoms with E-state index in [-0.39, 0.29) is 18.1 Å². The van der Waals surface area contributed by atoms with Gasteiger partial charge in [0.2, 0.25) is 0 Å². The number of ether oxygens (including phenoxy) is 1. The number of halogens is 13. The van der Waals surface area contributed by atoms with Gasteiger partial charge in [-0.2, -0.15) is 35.1 Å². The first-order valence-corrected chi connectivity index (χ1v) is 9.37. The van der Waals surface area contributed by atoms with E-state index in [9.17, 15) is 48.3 Å². The first-order chi connectivity index (χ1) is 14.8. The Balaban J connectivity index is 2.89. The summed E-state index contributed by atoms with van der Waals surface area (Å²) in [7, 11) is 0. The number of alkyl halides is 12. The van der Waals surface area contributed by atoms with Crippen LogP contribution >= 0.6 is 15.9 Å². The van der Waals surface area contributed by atoms with Crippen LogP contribution in [0.4, 0.5) is 52.7 Å². The third-order valence-electron chi connectivity index (χ3n) is 4.39. The molecular formula is C19H10BrF12O. The van der Waals surface area contributed by atoms with Crippen LogP contribution in [0, 0.1) is 6.07 Å². The molecule has 0 saturated heterocycles. The molecule has 2 rings (SSSR count). The van der Waals surface area contributed by atoms with Crippen LogP contribution in [-0.4, -0.2) is 24.6 Å². The third-order valence-corrected chi connectivity index (χ3v) is 4.98. The zero-order chi connectivity index (χ0) is 25.6. The molecule has 2 aromatic rings. The van der Waals surface area contributed by atoms with Crippen molar-refractivity contribution in [1.29, 1.82) is 0 Å². The molecule has 0 saturated carbocycles. The molecule has 2 aromatic carbocycles. The molecule has 1 unspecified atom stereocenters. The van der Waals surface area contributed by atoms with E-state index in [4.69, 9.17) is 0 Å². The number of aryl methyl sites for hydroxylation is 1.